The number of rotatable bonds is 13. The molecule has 1 aromatic heterocycles. The normalized spacial score (nSPS) is 18.0. The highest BCUT2D eigenvalue weighted by atomic mass is 35.5. The van der Waals surface area contributed by atoms with Crippen molar-refractivity contribution in [2.45, 2.75) is 24.9 Å². The minimum absolute atomic E-state index is 0.0164. The number of aliphatic imine (C=N–C) groups is 1. The van der Waals surface area contributed by atoms with E-state index >= 15 is 0 Å². The molecule has 0 spiro atoms. The summed E-state index contributed by atoms with van der Waals surface area (Å²) >= 11 is 7.90. The molecule has 58 heavy (non-hydrogen) atoms. The zero-order chi connectivity index (χ0) is 40.9. The third kappa shape index (κ3) is 8.98. The molecular weight excluding hydrogens is 787 g/mol. The number of amides is 4. The van der Waals surface area contributed by atoms with Gasteiger partial charge in [0, 0.05) is 98.9 Å². The van der Waals surface area contributed by atoms with Gasteiger partial charge >= 0.3 is 12.0 Å². The zero-order valence-electron chi connectivity index (χ0n) is 32.1. The third-order valence-electron chi connectivity index (χ3n) is 10.1. The highest BCUT2D eigenvalue weighted by molar-refractivity contribution is 7.11. The van der Waals surface area contributed by atoms with E-state index in [4.69, 9.17) is 26.1 Å². The second kappa shape index (κ2) is 17.7. The number of halogens is 2. The summed E-state index contributed by atoms with van der Waals surface area (Å²) in [4.78, 5) is 67.9. The van der Waals surface area contributed by atoms with Gasteiger partial charge in [0.25, 0.3) is 5.91 Å². The van der Waals surface area contributed by atoms with Gasteiger partial charge in [-0.05, 0) is 67.1 Å². The van der Waals surface area contributed by atoms with Crippen LogP contribution in [0, 0.1) is 5.82 Å². The number of ether oxygens (including phenoxy) is 2. The molecule has 14 nitrogen and oxygen atoms in total. The number of piperazine rings is 1. The maximum absolute atomic E-state index is 14.1. The molecule has 4 amide bonds. The summed E-state index contributed by atoms with van der Waals surface area (Å²) in [6.45, 7) is 2.74. The highest BCUT2D eigenvalue weighted by Gasteiger charge is 2.42. The van der Waals surface area contributed by atoms with Gasteiger partial charge in [0.05, 0.1) is 18.7 Å². The molecule has 0 aliphatic carbocycles. The van der Waals surface area contributed by atoms with E-state index in [0.29, 0.717) is 91.3 Å². The number of fused-ring (bicyclic) bond motifs is 1. The van der Waals surface area contributed by atoms with Crippen LogP contribution in [0.4, 0.5) is 14.9 Å². The topological polar surface area (TPSA) is 149 Å². The summed E-state index contributed by atoms with van der Waals surface area (Å²) in [5, 5.41) is 8.74. The lowest BCUT2D eigenvalue weighted by molar-refractivity contribution is -0.136. The quantitative estimate of drug-likeness (QED) is 0.132. The van der Waals surface area contributed by atoms with Crippen molar-refractivity contribution >= 4 is 58.3 Å². The Morgan fingerprint density at radius 2 is 1.78 bits per heavy atom. The largest absolute Gasteiger partial charge is 0.466 e. The van der Waals surface area contributed by atoms with Gasteiger partial charge < -0.3 is 29.9 Å². The molecule has 3 aliphatic rings. The molecule has 2 N–H and O–H groups in total. The summed E-state index contributed by atoms with van der Waals surface area (Å²) in [7, 11) is 4.71. The number of hydrogen-bond acceptors (Lipinski definition) is 11. The van der Waals surface area contributed by atoms with Gasteiger partial charge in [0.1, 0.15) is 23.4 Å². The van der Waals surface area contributed by atoms with E-state index in [-0.39, 0.29) is 34.5 Å². The molecule has 302 valence electrons. The second-order valence-electron chi connectivity index (χ2n) is 14.1. The number of aromatic nitrogens is 1. The van der Waals surface area contributed by atoms with Crippen LogP contribution >= 0.6 is 22.9 Å². The Morgan fingerprint density at radius 1 is 1.03 bits per heavy atom. The van der Waals surface area contributed by atoms with E-state index in [2.05, 4.69) is 20.5 Å². The number of carbonyl (C=O) groups excluding carboxylic acids is 4. The molecule has 2 saturated heterocycles. The molecule has 2 atom stereocenters. The maximum Gasteiger partial charge on any atom is 0.338 e. The summed E-state index contributed by atoms with van der Waals surface area (Å²) < 4.78 is 25.3. The number of thiazole rings is 1. The Balaban J connectivity index is 0.991. The number of benzene rings is 3. The van der Waals surface area contributed by atoms with Gasteiger partial charge in [-0.15, -0.1) is 11.3 Å². The van der Waals surface area contributed by atoms with Crippen molar-refractivity contribution < 1.29 is 33.0 Å². The van der Waals surface area contributed by atoms with Crippen LogP contribution in [-0.4, -0.2) is 116 Å². The molecular formula is C41H42ClFN8O6S. The molecule has 4 heterocycles. The summed E-state index contributed by atoms with van der Waals surface area (Å²) in [6, 6.07) is 17.0. The Bertz CT molecular complexity index is 2240. The number of anilines is 1. The summed E-state index contributed by atoms with van der Waals surface area (Å²) in [5.41, 5.74) is 2.48. The summed E-state index contributed by atoms with van der Waals surface area (Å²) in [5.74, 6) is 0.258. The van der Waals surface area contributed by atoms with Crippen molar-refractivity contribution in [2.24, 2.45) is 4.99 Å². The van der Waals surface area contributed by atoms with Gasteiger partial charge in [-0.3, -0.25) is 24.4 Å². The lowest BCUT2D eigenvalue weighted by Crippen LogP contribution is -2.53. The molecule has 0 unspecified atom stereocenters. The predicted molar refractivity (Wildman–Crippen MR) is 218 cm³/mol. The first kappa shape index (κ1) is 40.4. The lowest BCUT2D eigenvalue weighted by Gasteiger charge is -2.38. The van der Waals surface area contributed by atoms with Crippen molar-refractivity contribution in [1.82, 2.24) is 30.3 Å². The summed E-state index contributed by atoms with van der Waals surface area (Å²) in [6.07, 6.45) is 2.58. The number of esters is 1. The van der Waals surface area contributed by atoms with Crippen molar-refractivity contribution in [2.75, 3.05) is 65.4 Å². The van der Waals surface area contributed by atoms with Crippen LogP contribution < -0.4 is 20.3 Å². The van der Waals surface area contributed by atoms with Crippen LogP contribution in [0.2, 0.25) is 5.02 Å². The molecule has 2 fully saturated rings. The Labute approximate surface area is 343 Å². The number of methoxy groups -OCH3 is 1. The van der Waals surface area contributed by atoms with Gasteiger partial charge in [0.15, 0.2) is 10.8 Å². The van der Waals surface area contributed by atoms with Crippen LogP contribution in [-0.2, 0) is 14.3 Å². The van der Waals surface area contributed by atoms with E-state index in [9.17, 15) is 23.6 Å². The van der Waals surface area contributed by atoms with Gasteiger partial charge in [-0.25, -0.2) is 19.0 Å². The van der Waals surface area contributed by atoms with Crippen molar-refractivity contribution in [3.63, 3.8) is 0 Å². The number of amidine groups is 1. The molecule has 17 heteroatoms. The van der Waals surface area contributed by atoms with Gasteiger partial charge in [-0.1, -0.05) is 17.7 Å². The SMILES string of the molecule is COC(=O)C1=C(CN2CCN3C(=O)N(c4ccc(Oc5ccc(C(=O)NCCCC(=O)N(C)C)cc5)cc4)C[C@@H]3C2)NC(c2nccs2)=N[C@H]1c1ccc(F)cc1Cl. The number of nitrogens with one attached hydrogen (secondary N) is 2. The van der Waals surface area contributed by atoms with Crippen LogP contribution in [0.3, 0.4) is 0 Å². The molecule has 0 saturated carbocycles. The van der Waals surface area contributed by atoms with Crippen LogP contribution in [0.1, 0.15) is 39.8 Å². The lowest BCUT2D eigenvalue weighted by atomic mass is 9.95. The molecule has 7 rings (SSSR count). The number of urea groups is 1. The van der Waals surface area contributed by atoms with E-state index in [1.807, 2.05) is 22.4 Å². The van der Waals surface area contributed by atoms with Crippen molar-refractivity contribution in [3.05, 3.63) is 117 Å². The minimum atomic E-state index is -0.874. The third-order valence-corrected chi connectivity index (χ3v) is 11.2. The Hall–Kier alpha value is -5.84. The molecule has 3 aliphatic heterocycles. The van der Waals surface area contributed by atoms with Crippen LogP contribution in [0.5, 0.6) is 11.5 Å². The second-order valence-corrected chi connectivity index (χ2v) is 15.4. The van der Waals surface area contributed by atoms with Crippen molar-refractivity contribution in [1.29, 1.82) is 0 Å². The number of nitrogens with zero attached hydrogens (tertiary/aromatic N) is 6. The Kier molecular flexibility index (Phi) is 12.4. The monoisotopic (exact) mass is 828 g/mol. The highest BCUT2D eigenvalue weighted by Crippen LogP contribution is 2.37. The van der Waals surface area contributed by atoms with Crippen LogP contribution in [0.25, 0.3) is 0 Å². The predicted octanol–water partition coefficient (Wildman–Crippen LogP) is 5.47. The fourth-order valence-corrected chi connectivity index (χ4v) is 7.95. The van der Waals surface area contributed by atoms with Crippen molar-refractivity contribution in [3.8, 4) is 11.5 Å². The first-order valence-electron chi connectivity index (χ1n) is 18.7. The zero-order valence-corrected chi connectivity index (χ0v) is 33.7. The van der Waals surface area contributed by atoms with E-state index in [1.165, 1.54) is 41.5 Å². The molecule has 0 bridgehead atoms. The van der Waals surface area contributed by atoms with Gasteiger partial charge in [-0.2, -0.15) is 0 Å². The standard InChI is InChI=1S/C41H42ClFN8O6S/c1-48(2)34(52)5-4-16-44-38(53)25-6-11-29(12-7-25)57-30-13-9-27(10-14-30)51-23-28-22-49(18-19-50(28)41(51)55)24-33-35(40(54)56-3)36(31-15-8-26(43)21-32(31)42)47-37(46-33)39-45-17-20-58-39/h6-15,17,20-21,28,36H,4-5,16,18-19,22-24H2,1-3H3,(H,44,53)(H,46,47)/t28-,36-/m0/s1. The average molecular weight is 829 g/mol. The molecule has 4 aromatic rings. The smallest absolute Gasteiger partial charge is 0.338 e. The number of carbonyl (C=O) groups is 4. The first-order valence-corrected chi connectivity index (χ1v) is 19.9. The molecule has 3 aromatic carbocycles. The fraction of sp³-hybridized carbons (Fsp3) is 0.317. The van der Waals surface area contributed by atoms with E-state index in [0.717, 1.165) is 5.69 Å². The number of hydrogen-bond donors (Lipinski definition) is 2. The first-order chi connectivity index (χ1) is 28.0. The van der Waals surface area contributed by atoms with Gasteiger partial charge in [0.2, 0.25) is 5.91 Å². The van der Waals surface area contributed by atoms with E-state index < -0.39 is 17.8 Å². The average Bonchev–Trinajstić information content (AvgIpc) is 3.88. The Morgan fingerprint density at radius 3 is 2.45 bits per heavy atom. The van der Waals surface area contributed by atoms with E-state index in [1.54, 1.807) is 61.6 Å². The van der Waals surface area contributed by atoms with Crippen LogP contribution in [0.15, 0.2) is 94.6 Å². The molecule has 0 radical (unpaired) electrons. The maximum atomic E-state index is 14.1. The minimum Gasteiger partial charge on any atom is -0.466 e. The fourth-order valence-electron chi connectivity index (χ4n) is 7.09.